The van der Waals surface area contributed by atoms with Gasteiger partial charge in [-0.2, -0.15) is 0 Å². The van der Waals surface area contributed by atoms with Crippen molar-refractivity contribution in [2.75, 3.05) is 13.2 Å². The summed E-state index contributed by atoms with van der Waals surface area (Å²) in [5.74, 6) is 2.84. The molecule has 1 heterocycles. The van der Waals surface area contributed by atoms with Gasteiger partial charge in [-0.1, -0.05) is 52.0 Å². The molecule has 0 fully saturated rings. The van der Waals surface area contributed by atoms with Crippen LogP contribution in [0.3, 0.4) is 0 Å². The first-order chi connectivity index (χ1) is 14.2. The van der Waals surface area contributed by atoms with Crippen molar-refractivity contribution in [1.82, 2.24) is 9.97 Å². The molecule has 0 aliphatic carbocycles. The molecule has 0 aliphatic heterocycles. The molecular formula is C25H36N2O2. The largest absolute Gasteiger partial charge is 0.494 e. The van der Waals surface area contributed by atoms with E-state index in [2.05, 4.69) is 30.4 Å². The van der Waals surface area contributed by atoms with E-state index in [0.717, 1.165) is 42.9 Å². The van der Waals surface area contributed by atoms with Gasteiger partial charge in [0.15, 0.2) is 11.6 Å². The van der Waals surface area contributed by atoms with Gasteiger partial charge in [-0.25, -0.2) is 9.97 Å². The number of benzene rings is 1. The lowest BCUT2D eigenvalue weighted by Crippen LogP contribution is -2.07. The third kappa shape index (κ3) is 9.12. The Morgan fingerprint density at radius 3 is 2.21 bits per heavy atom. The second-order valence-electron chi connectivity index (χ2n) is 7.64. The van der Waals surface area contributed by atoms with Crippen LogP contribution in [-0.4, -0.2) is 23.2 Å². The van der Waals surface area contributed by atoms with Crippen molar-refractivity contribution in [3.05, 3.63) is 49.3 Å². The molecule has 0 spiro atoms. The van der Waals surface area contributed by atoms with E-state index < -0.39 is 0 Å². The van der Waals surface area contributed by atoms with Gasteiger partial charge in [0.05, 0.1) is 25.6 Å². The molecule has 1 aromatic carbocycles. The van der Waals surface area contributed by atoms with Crippen molar-refractivity contribution in [2.24, 2.45) is 5.92 Å². The highest BCUT2D eigenvalue weighted by Crippen LogP contribution is 2.21. The Morgan fingerprint density at radius 1 is 0.897 bits per heavy atom. The van der Waals surface area contributed by atoms with Crippen LogP contribution >= 0.6 is 0 Å². The van der Waals surface area contributed by atoms with Crippen LogP contribution in [0.4, 0.5) is 0 Å². The van der Waals surface area contributed by atoms with Crippen molar-refractivity contribution in [1.29, 1.82) is 0 Å². The summed E-state index contributed by atoms with van der Waals surface area (Å²) in [5.41, 5.74) is 0.977. The van der Waals surface area contributed by atoms with Crippen LogP contribution in [0.1, 0.15) is 65.2 Å². The minimum atomic E-state index is 0.532. The summed E-state index contributed by atoms with van der Waals surface area (Å²) in [6.45, 7) is 9.56. The molecule has 29 heavy (non-hydrogen) atoms. The third-order valence-corrected chi connectivity index (χ3v) is 5.04. The fourth-order valence-corrected chi connectivity index (χ4v) is 2.88. The number of unbranched alkanes of at least 4 members (excludes halogenated alkanes) is 6. The molecule has 2 rings (SSSR count). The molecule has 0 bridgehead atoms. The Kier molecular flexibility index (Phi) is 10.9. The van der Waals surface area contributed by atoms with Gasteiger partial charge in [-0.05, 0) is 49.4 Å². The lowest BCUT2D eigenvalue weighted by Gasteiger charge is -2.10. The van der Waals surface area contributed by atoms with E-state index in [1.165, 1.54) is 32.1 Å². The topological polar surface area (TPSA) is 44.2 Å². The molecule has 0 amide bonds. The molecule has 0 saturated heterocycles. The standard InChI is InChI=1S/C25H36N2O2/c1-4-6-7-8-9-10-11-12-17-28-23-15-13-22(14-16-23)25-26-18-24(19-27-25)29-20-21(3)5-2/h4,13-16,18-19,21H,1,5-12,17,20H2,2-3H3. The Labute approximate surface area is 176 Å². The lowest BCUT2D eigenvalue weighted by molar-refractivity contribution is 0.255. The monoisotopic (exact) mass is 396 g/mol. The van der Waals surface area contributed by atoms with Crippen LogP contribution in [0.5, 0.6) is 11.5 Å². The second kappa shape index (κ2) is 13.8. The van der Waals surface area contributed by atoms with Crippen molar-refractivity contribution < 1.29 is 9.47 Å². The Hall–Kier alpha value is -2.36. The van der Waals surface area contributed by atoms with Crippen molar-refractivity contribution in [3.63, 3.8) is 0 Å². The van der Waals surface area contributed by atoms with Crippen LogP contribution in [0.15, 0.2) is 49.3 Å². The molecule has 0 radical (unpaired) electrons. The van der Waals surface area contributed by atoms with E-state index in [-0.39, 0.29) is 0 Å². The van der Waals surface area contributed by atoms with Crippen LogP contribution in [0.25, 0.3) is 11.4 Å². The maximum Gasteiger partial charge on any atom is 0.159 e. The van der Waals surface area contributed by atoms with Gasteiger partial charge in [0.2, 0.25) is 0 Å². The average molecular weight is 397 g/mol. The van der Waals surface area contributed by atoms with Crippen LogP contribution < -0.4 is 9.47 Å². The molecule has 0 aliphatic rings. The second-order valence-corrected chi connectivity index (χ2v) is 7.64. The fourth-order valence-electron chi connectivity index (χ4n) is 2.88. The summed E-state index contributed by atoms with van der Waals surface area (Å²) in [5, 5.41) is 0. The lowest BCUT2D eigenvalue weighted by atomic mass is 10.1. The maximum atomic E-state index is 5.85. The van der Waals surface area contributed by atoms with Gasteiger partial charge in [0.25, 0.3) is 0 Å². The highest BCUT2D eigenvalue weighted by atomic mass is 16.5. The molecule has 0 saturated carbocycles. The quantitative estimate of drug-likeness (QED) is 0.243. The van der Waals surface area contributed by atoms with Gasteiger partial charge >= 0.3 is 0 Å². The van der Waals surface area contributed by atoms with Crippen molar-refractivity contribution >= 4 is 0 Å². The summed E-state index contributed by atoms with van der Waals surface area (Å²) in [4.78, 5) is 8.85. The number of ether oxygens (including phenoxy) is 2. The number of hydrogen-bond donors (Lipinski definition) is 0. The zero-order valence-electron chi connectivity index (χ0n) is 18.1. The normalized spacial score (nSPS) is 11.8. The van der Waals surface area contributed by atoms with Crippen molar-refractivity contribution in [2.45, 2.75) is 65.2 Å². The number of aromatic nitrogens is 2. The summed E-state index contributed by atoms with van der Waals surface area (Å²) < 4.78 is 11.6. The van der Waals surface area contributed by atoms with E-state index in [4.69, 9.17) is 9.47 Å². The Morgan fingerprint density at radius 2 is 1.55 bits per heavy atom. The zero-order valence-corrected chi connectivity index (χ0v) is 18.1. The van der Waals surface area contributed by atoms with E-state index >= 15 is 0 Å². The van der Waals surface area contributed by atoms with E-state index in [9.17, 15) is 0 Å². The molecule has 0 N–H and O–H groups in total. The van der Waals surface area contributed by atoms with Gasteiger partial charge in [-0.3, -0.25) is 0 Å². The number of allylic oxidation sites excluding steroid dienone is 1. The average Bonchev–Trinajstić information content (AvgIpc) is 2.77. The van der Waals surface area contributed by atoms with Crippen molar-refractivity contribution in [3.8, 4) is 22.9 Å². The Bertz CT molecular complexity index is 683. The smallest absolute Gasteiger partial charge is 0.159 e. The molecule has 1 aromatic heterocycles. The molecule has 2 aromatic rings. The maximum absolute atomic E-state index is 5.85. The van der Waals surface area contributed by atoms with Crippen LogP contribution in [0, 0.1) is 5.92 Å². The van der Waals surface area contributed by atoms with Crippen LogP contribution in [-0.2, 0) is 0 Å². The van der Waals surface area contributed by atoms with E-state index in [1.54, 1.807) is 12.4 Å². The minimum Gasteiger partial charge on any atom is -0.494 e. The minimum absolute atomic E-state index is 0.532. The Balaban J connectivity index is 1.68. The highest BCUT2D eigenvalue weighted by Gasteiger charge is 2.05. The first-order valence-corrected chi connectivity index (χ1v) is 11.0. The zero-order chi connectivity index (χ0) is 20.7. The van der Waals surface area contributed by atoms with Gasteiger partial charge in [0.1, 0.15) is 5.75 Å². The first-order valence-electron chi connectivity index (χ1n) is 11.0. The predicted octanol–water partition coefficient (Wildman–Crippen LogP) is 6.86. The summed E-state index contributed by atoms with van der Waals surface area (Å²) in [6.07, 6.45) is 15.2. The van der Waals surface area contributed by atoms with Gasteiger partial charge < -0.3 is 9.47 Å². The predicted molar refractivity (Wildman–Crippen MR) is 120 cm³/mol. The summed E-state index contributed by atoms with van der Waals surface area (Å²) >= 11 is 0. The molecule has 1 unspecified atom stereocenters. The molecule has 4 heteroatoms. The van der Waals surface area contributed by atoms with Gasteiger partial charge in [-0.15, -0.1) is 6.58 Å². The van der Waals surface area contributed by atoms with E-state index in [1.807, 2.05) is 30.3 Å². The number of rotatable bonds is 15. The first kappa shape index (κ1) is 22.9. The molecule has 1 atom stereocenters. The van der Waals surface area contributed by atoms with Crippen LogP contribution in [0.2, 0.25) is 0 Å². The number of nitrogens with zero attached hydrogens (tertiary/aromatic N) is 2. The fraction of sp³-hybridized carbons (Fsp3) is 0.520. The number of hydrogen-bond acceptors (Lipinski definition) is 4. The molecule has 158 valence electrons. The van der Waals surface area contributed by atoms with E-state index in [0.29, 0.717) is 18.3 Å². The highest BCUT2D eigenvalue weighted by molar-refractivity contribution is 5.56. The molecule has 4 nitrogen and oxygen atoms in total. The SMILES string of the molecule is C=CCCCCCCCCOc1ccc(-c2ncc(OCC(C)CC)cn2)cc1. The summed E-state index contributed by atoms with van der Waals surface area (Å²) in [7, 11) is 0. The summed E-state index contributed by atoms with van der Waals surface area (Å²) in [6, 6.07) is 7.98. The van der Waals surface area contributed by atoms with Gasteiger partial charge in [0, 0.05) is 5.56 Å². The molecular weight excluding hydrogens is 360 g/mol. The third-order valence-electron chi connectivity index (χ3n) is 5.04.